The van der Waals surface area contributed by atoms with E-state index in [0.29, 0.717) is 5.56 Å². The summed E-state index contributed by atoms with van der Waals surface area (Å²) in [5.41, 5.74) is 2.11. The van der Waals surface area contributed by atoms with Gasteiger partial charge in [0.25, 0.3) is 5.91 Å². The smallest absolute Gasteiger partial charge is 0.328 e. The first-order chi connectivity index (χ1) is 10.3. The van der Waals surface area contributed by atoms with Crippen molar-refractivity contribution in [3.05, 3.63) is 35.4 Å². The van der Waals surface area contributed by atoms with Gasteiger partial charge in [-0.15, -0.1) is 0 Å². The highest BCUT2D eigenvalue weighted by molar-refractivity contribution is 5.94. The molecule has 2 atom stereocenters. The third-order valence-corrected chi connectivity index (χ3v) is 3.48. The zero-order valence-electron chi connectivity index (χ0n) is 12.9. The van der Waals surface area contributed by atoms with Gasteiger partial charge in [0.15, 0.2) is 0 Å². The molecular weight excluding hydrogens is 286 g/mol. The van der Waals surface area contributed by atoms with E-state index in [9.17, 15) is 9.59 Å². The molecule has 118 valence electrons. The zero-order chi connectivity index (χ0) is 16.4. The van der Waals surface area contributed by atoms with Crippen LogP contribution in [0.4, 0.5) is 0 Å². The Kier molecular flexibility index (Phi) is 4.30. The number of aromatic nitrogens is 4. The molecule has 0 fully saturated rings. The van der Waals surface area contributed by atoms with Crippen LogP contribution in [-0.2, 0) is 11.8 Å². The summed E-state index contributed by atoms with van der Waals surface area (Å²) in [5, 5.41) is 20.0. The molecule has 2 aromatic heterocycles. The second-order valence-electron chi connectivity index (χ2n) is 5.26. The molecule has 0 aliphatic rings. The molecule has 0 radical (unpaired) electrons. The number of carbonyl (C=O) groups is 2. The number of carbonyl (C=O) groups excluding carboxylic acids is 1. The average Bonchev–Trinajstić information content (AvgIpc) is 3.04. The number of nitrogens with one attached hydrogen (secondary N) is 1. The van der Waals surface area contributed by atoms with Gasteiger partial charge in [-0.1, -0.05) is 0 Å². The largest absolute Gasteiger partial charge is 0.480 e. The number of rotatable bonds is 5. The van der Waals surface area contributed by atoms with Gasteiger partial charge < -0.3 is 10.4 Å². The van der Waals surface area contributed by atoms with Crippen LogP contribution in [0.2, 0.25) is 0 Å². The molecule has 0 aromatic carbocycles. The molecule has 0 bridgehead atoms. The molecule has 0 saturated heterocycles. The standard InChI is InChI=1S/C14H19N5O3/c1-8(12-7-18(4)17-9(12)2)16-13(20)11-5-15-19(6-11)10(3)14(21)22/h5-8,10H,1-4H3,(H,16,20)(H,21,22). The van der Waals surface area contributed by atoms with E-state index in [2.05, 4.69) is 15.5 Å². The van der Waals surface area contributed by atoms with Crippen molar-refractivity contribution in [1.82, 2.24) is 24.9 Å². The van der Waals surface area contributed by atoms with Gasteiger partial charge in [-0.25, -0.2) is 4.79 Å². The molecule has 8 nitrogen and oxygen atoms in total. The first kappa shape index (κ1) is 15.7. The van der Waals surface area contributed by atoms with Crippen molar-refractivity contribution in [2.45, 2.75) is 32.9 Å². The first-order valence-electron chi connectivity index (χ1n) is 6.87. The summed E-state index contributed by atoms with van der Waals surface area (Å²) in [6.45, 7) is 5.25. The number of hydrogen-bond acceptors (Lipinski definition) is 4. The fraction of sp³-hybridized carbons (Fsp3) is 0.429. The molecule has 2 N–H and O–H groups in total. The summed E-state index contributed by atoms with van der Waals surface area (Å²) >= 11 is 0. The van der Waals surface area contributed by atoms with Crippen molar-refractivity contribution in [3.63, 3.8) is 0 Å². The summed E-state index contributed by atoms with van der Waals surface area (Å²) in [5.74, 6) is -1.31. The summed E-state index contributed by atoms with van der Waals surface area (Å²) in [6, 6.07) is -1.03. The summed E-state index contributed by atoms with van der Waals surface area (Å²) in [4.78, 5) is 23.1. The molecule has 1 amide bonds. The molecule has 22 heavy (non-hydrogen) atoms. The molecule has 2 aromatic rings. The summed E-state index contributed by atoms with van der Waals surface area (Å²) < 4.78 is 2.94. The molecule has 0 aliphatic carbocycles. The van der Waals surface area contributed by atoms with Gasteiger partial charge in [0, 0.05) is 25.0 Å². The Labute approximate surface area is 127 Å². The second kappa shape index (κ2) is 6.00. The predicted octanol–water partition coefficient (Wildman–Crippen LogP) is 1.06. The predicted molar refractivity (Wildman–Crippen MR) is 78.4 cm³/mol. The van der Waals surface area contributed by atoms with E-state index < -0.39 is 12.0 Å². The lowest BCUT2D eigenvalue weighted by Gasteiger charge is -2.12. The van der Waals surface area contributed by atoms with E-state index in [4.69, 9.17) is 5.11 Å². The van der Waals surface area contributed by atoms with Crippen LogP contribution in [0.25, 0.3) is 0 Å². The van der Waals surface area contributed by atoms with E-state index in [1.807, 2.05) is 27.1 Å². The normalized spacial score (nSPS) is 13.6. The highest BCUT2D eigenvalue weighted by atomic mass is 16.4. The van der Waals surface area contributed by atoms with Crippen molar-refractivity contribution in [1.29, 1.82) is 0 Å². The molecule has 2 rings (SSSR count). The Morgan fingerprint density at radius 1 is 1.32 bits per heavy atom. The number of nitrogens with zero attached hydrogens (tertiary/aromatic N) is 4. The lowest BCUT2D eigenvalue weighted by molar-refractivity contribution is -0.140. The minimum absolute atomic E-state index is 0.207. The maximum Gasteiger partial charge on any atom is 0.328 e. The lowest BCUT2D eigenvalue weighted by Crippen LogP contribution is -2.26. The SMILES string of the molecule is Cc1nn(C)cc1C(C)NC(=O)c1cnn(C(C)C(=O)O)c1. The molecule has 2 heterocycles. The van der Waals surface area contributed by atoms with Crippen LogP contribution in [0.1, 0.15) is 47.5 Å². The van der Waals surface area contributed by atoms with E-state index >= 15 is 0 Å². The molecule has 0 saturated carbocycles. The van der Waals surface area contributed by atoms with E-state index in [0.717, 1.165) is 11.3 Å². The Morgan fingerprint density at radius 2 is 2.00 bits per heavy atom. The molecular formula is C14H19N5O3. The van der Waals surface area contributed by atoms with Crippen LogP contribution in [-0.4, -0.2) is 36.5 Å². The number of carboxylic acid groups (broad SMARTS) is 1. The fourth-order valence-electron chi connectivity index (χ4n) is 2.18. The van der Waals surface area contributed by atoms with Gasteiger partial charge in [0.2, 0.25) is 0 Å². The topological polar surface area (TPSA) is 102 Å². The van der Waals surface area contributed by atoms with Gasteiger partial charge in [-0.3, -0.25) is 14.2 Å². The Morgan fingerprint density at radius 3 is 2.55 bits per heavy atom. The molecule has 2 unspecified atom stereocenters. The maximum absolute atomic E-state index is 12.2. The van der Waals surface area contributed by atoms with Gasteiger partial charge in [0.1, 0.15) is 6.04 Å². The highest BCUT2D eigenvalue weighted by Gasteiger charge is 2.19. The van der Waals surface area contributed by atoms with Gasteiger partial charge >= 0.3 is 5.97 Å². The second-order valence-corrected chi connectivity index (χ2v) is 5.26. The monoisotopic (exact) mass is 305 g/mol. The molecule has 8 heteroatoms. The van der Waals surface area contributed by atoms with Crippen LogP contribution in [0, 0.1) is 6.92 Å². The van der Waals surface area contributed by atoms with Gasteiger partial charge in [-0.05, 0) is 20.8 Å². The quantitative estimate of drug-likeness (QED) is 0.860. The van der Waals surface area contributed by atoms with Crippen molar-refractivity contribution in [2.24, 2.45) is 7.05 Å². The Hall–Kier alpha value is -2.64. The third kappa shape index (κ3) is 3.16. The van der Waals surface area contributed by atoms with Crippen molar-refractivity contribution in [2.75, 3.05) is 0 Å². The van der Waals surface area contributed by atoms with Crippen molar-refractivity contribution >= 4 is 11.9 Å². The van der Waals surface area contributed by atoms with Gasteiger partial charge in [-0.2, -0.15) is 10.2 Å². The minimum atomic E-state index is -1.01. The van der Waals surface area contributed by atoms with Crippen LogP contribution >= 0.6 is 0 Å². The Bertz CT molecular complexity index is 703. The third-order valence-electron chi connectivity index (χ3n) is 3.48. The fourth-order valence-corrected chi connectivity index (χ4v) is 2.18. The number of aliphatic carboxylic acids is 1. The van der Waals surface area contributed by atoms with Crippen LogP contribution in [0.15, 0.2) is 18.6 Å². The van der Waals surface area contributed by atoms with Crippen LogP contribution in [0.3, 0.4) is 0 Å². The number of amides is 1. The van der Waals surface area contributed by atoms with Crippen molar-refractivity contribution < 1.29 is 14.7 Å². The highest BCUT2D eigenvalue weighted by Crippen LogP contribution is 2.16. The molecule has 0 aliphatic heterocycles. The minimum Gasteiger partial charge on any atom is -0.480 e. The number of aryl methyl sites for hydroxylation is 2. The van der Waals surface area contributed by atoms with Gasteiger partial charge in [0.05, 0.1) is 23.5 Å². The van der Waals surface area contributed by atoms with E-state index in [1.54, 1.807) is 4.68 Å². The number of carboxylic acids is 1. The zero-order valence-corrected chi connectivity index (χ0v) is 12.9. The average molecular weight is 305 g/mol. The van der Waals surface area contributed by atoms with E-state index in [1.165, 1.54) is 24.0 Å². The first-order valence-corrected chi connectivity index (χ1v) is 6.87. The van der Waals surface area contributed by atoms with Crippen molar-refractivity contribution in [3.8, 4) is 0 Å². The maximum atomic E-state index is 12.2. The summed E-state index contributed by atoms with van der Waals surface area (Å²) in [7, 11) is 1.82. The van der Waals surface area contributed by atoms with Crippen LogP contribution < -0.4 is 5.32 Å². The Balaban J connectivity index is 2.09. The van der Waals surface area contributed by atoms with Crippen LogP contribution in [0.5, 0.6) is 0 Å². The lowest BCUT2D eigenvalue weighted by atomic mass is 10.1. The molecule has 0 spiro atoms. The number of hydrogen-bond donors (Lipinski definition) is 2. The van der Waals surface area contributed by atoms with E-state index in [-0.39, 0.29) is 11.9 Å². The summed E-state index contributed by atoms with van der Waals surface area (Å²) in [6.07, 6.45) is 4.64.